The highest BCUT2D eigenvalue weighted by molar-refractivity contribution is 6.31. The third-order valence-electron chi connectivity index (χ3n) is 2.02. The molecule has 1 N–H and O–H groups in total. The zero-order chi connectivity index (χ0) is 11.3. The standard InChI is InChI=1S/C11H14Cl2O2/c1-2-8-5-10(3-4-11(8)13)15-7-9(14)6-12/h3-5,9,14H,2,6-7H2,1H3. The van der Waals surface area contributed by atoms with Crippen LogP contribution in [-0.2, 0) is 6.42 Å². The average Bonchev–Trinajstić information content (AvgIpc) is 2.27. The van der Waals surface area contributed by atoms with Gasteiger partial charge < -0.3 is 9.84 Å². The zero-order valence-electron chi connectivity index (χ0n) is 8.54. The fraction of sp³-hybridized carbons (Fsp3) is 0.455. The molecule has 0 saturated heterocycles. The van der Waals surface area contributed by atoms with Gasteiger partial charge in [-0.1, -0.05) is 18.5 Å². The predicted octanol–water partition coefficient (Wildman–Crippen LogP) is 2.88. The predicted molar refractivity (Wildman–Crippen MR) is 63.1 cm³/mol. The number of hydrogen-bond acceptors (Lipinski definition) is 2. The maximum absolute atomic E-state index is 9.22. The second-order valence-corrected chi connectivity index (χ2v) is 3.94. The molecule has 0 saturated carbocycles. The molecule has 0 aliphatic heterocycles. The van der Waals surface area contributed by atoms with E-state index >= 15 is 0 Å². The first-order valence-corrected chi connectivity index (χ1v) is 5.73. The van der Waals surface area contributed by atoms with Crippen molar-refractivity contribution in [3.8, 4) is 5.75 Å². The van der Waals surface area contributed by atoms with Gasteiger partial charge in [0.15, 0.2) is 0 Å². The third kappa shape index (κ3) is 3.90. The summed E-state index contributed by atoms with van der Waals surface area (Å²) < 4.78 is 5.36. The summed E-state index contributed by atoms with van der Waals surface area (Å²) in [5.41, 5.74) is 1.04. The highest BCUT2D eigenvalue weighted by Crippen LogP contribution is 2.22. The van der Waals surface area contributed by atoms with Crippen LogP contribution in [0.2, 0.25) is 5.02 Å². The minimum atomic E-state index is -0.632. The molecule has 1 atom stereocenters. The van der Waals surface area contributed by atoms with E-state index in [1.165, 1.54) is 0 Å². The van der Waals surface area contributed by atoms with Crippen molar-refractivity contribution in [2.45, 2.75) is 19.4 Å². The summed E-state index contributed by atoms with van der Waals surface area (Å²) in [6, 6.07) is 5.45. The van der Waals surface area contributed by atoms with Crippen molar-refractivity contribution in [3.05, 3.63) is 28.8 Å². The lowest BCUT2D eigenvalue weighted by molar-refractivity contribution is 0.125. The normalized spacial score (nSPS) is 12.5. The summed E-state index contributed by atoms with van der Waals surface area (Å²) in [7, 11) is 0. The van der Waals surface area contributed by atoms with Crippen molar-refractivity contribution in [1.29, 1.82) is 0 Å². The smallest absolute Gasteiger partial charge is 0.119 e. The summed E-state index contributed by atoms with van der Waals surface area (Å²) in [6.45, 7) is 2.23. The van der Waals surface area contributed by atoms with E-state index in [4.69, 9.17) is 27.9 Å². The summed E-state index contributed by atoms with van der Waals surface area (Å²) in [6.07, 6.45) is 0.223. The van der Waals surface area contributed by atoms with Crippen LogP contribution < -0.4 is 4.74 Å². The number of aliphatic hydroxyl groups excluding tert-OH is 1. The van der Waals surface area contributed by atoms with Crippen LogP contribution in [0.3, 0.4) is 0 Å². The SMILES string of the molecule is CCc1cc(OCC(O)CCl)ccc1Cl. The van der Waals surface area contributed by atoms with Gasteiger partial charge >= 0.3 is 0 Å². The summed E-state index contributed by atoms with van der Waals surface area (Å²) in [4.78, 5) is 0. The number of halogens is 2. The van der Waals surface area contributed by atoms with Crippen molar-refractivity contribution in [1.82, 2.24) is 0 Å². The molecule has 0 aromatic heterocycles. The second kappa shape index (κ2) is 6.21. The minimum absolute atomic E-state index is 0.175. The maximum atomic E-state index is 9.22. The van der Waals surface area contributed by atoms with Gasteiger partial charge in [-0.05, 0) is 30.2 Å². The molecule has 0 fully saturated rings. The molecule has 1 aromatic rings. The maximum Gasteiger partial charge on any atom is 0.119 e. The molecule has 1 aromatic carbocycles. The molecular weight excluding hydrogens is 235 g/mol. The Hall–Kier alpha value is -0.440. The van der Waals surface area contributed by atoms with Crippen LogP contribution in [0.4, 0.5) is 0 Å². The molecule has 0 radical (unpaired) electrons. The Labute approximate surface area is 99.8 Å². The lowest BCUT2D eigenvalue weighted by atomic mass is 10.1. The van der Waals surface area contributed by atoms with Crippen molar-refractivity contribution in [2.24, 2.45) is 0 Å². The molecule has 0 aliphatic rings. The van der Waals surface area contributed by atoms with Crippen molar-refractivity contribution >= 4 is 23.2 Å². The molecule has 15 heavy (non-hydrogen) atoms. The van der Waals surface area contributed by atoms with Gasteiger partial charge in [-0.2, -0.15) is 0 Å². The number of benzene rings is 1. The van der Waals surface area contributed by atoms with Gasteiger partial charge in [0, 0.05) is 5.02 Å². The van der Waals surface area contributed by atoms with E-state index in [2.05, 4.69) is 0 Å². The van der Waals surface area contributed by atoms with E-state index in [1.807, 2.05) is 13.0 Å². The number of alkyl halides is 1. The van der Waals surface area contributed by atoms with Crippen LogP contribution in [0.1, 0.15) is 12.5 Å². The molecule has 0 aliphatic carbocycles. The summed E-state index contributed by atoms with van der Waals surface area (Å²) in [5.74, 6) is 0.884. The third-order valence-corrected chi connectivity index (χ3v) is 2.74. The molecular formula is C11H14Cl2O2. The van der Waals surface area contributed by atoms with Gasteiger partial charge in [0.1, 0.15) is 18.5 Å². The van der Waals surface area contributed by atoms with E-state index in [0.717, 1.165) is 17.0 Å². The molecule has 0 amide bonds. The van der Waals surface area contributed by atoms with Crippen LogP contribution in [0, 0.1) is 0 Å². The fourth-order valence-electron chi connectivity index (χ4n) is 1.15. The average molecular weight is 249 g/mol. The molecule has 1 rings (SSSR count). The Bertz CT molecular complexity index is 315. The van der Waals surface area contributed by atoms with E-state index in [-0.39, 0.29) is 12.5 Å². The molecule has 2 nitrogen and oxygen atoms in total. The van der Waals surface area contributed by atoms with Crippen LogP contribution in [0.5, 0.6) is 5.75 Å². The topological polar surface area (TPSA) is 29.5 Å². The number of aryl methyl sites for hydroxylation is 1. The van der Waals surface area contributed by atoms with Crippen LogP contribution in [0.25, 0.3) is 0 Å². The minimum Gasteiger partial charge on any atom is -0.491 e. The Morgan fingerprint density at radius 3 is 2.80 bits per heavy atom. The Balaban J connectivity index is 2.62. The van der Waals surface area contributed by atoms with Gasteiger partial charge in [-0.15, -0.1) is 11.6 Å². The second-order valence-electron chi connectivity index (χ2n) is 3.23. The Morgan fingerprint density at radius 2 is 2.20 bits per heavy atom. The van der Waals surface area contributed by atoms with Gasteiger partial charge in [0.2, 0.25) is 0 Å². The molecule has 0 bridgehead atoms. The summed E-state index contributed by atoms with van der Waals surface area (Å²) in [5, 5.41) is 9.96. The largest absolute Gasteiger partial charge is 0.491 e. The molecule has 1 unspecified atom stereocenters. The molecule has 4 heteroatoms. The Kier molecular flexibility index (Phi) is 5.23. The summed E-state index contributed by atoms with van der Waals surface area (Å²) >= 11 is 11.4. The highest BCUT2D eigenvalue weighted by atomic mass is 35.5. The Morgan fingerprint density at radius 1 is 1.47 bits per heavy atom. The number of rotatable bonds is 5. The number of aliphatic hydroxyl groups is 1. The first-order valence-electron chi connectivity index (χ1n) is 4.82. The van der Waals surface area contributed by atoms with E-state index < -0.39 is 6.10 Å². The first-order chi connectivity index (χ1) is 7.17. The van der Waals surface area contributed by atoms with E-state index in [0.29, 0.717) is 5.75 Å². The van der Waals surface area contributed by atoms with Gasteiger partial charge in [0.25, 0.3) is 0 Å². The molecule has 0 spiro atoms. The van der Waals surface area contributed by atoms with Gasteiger partial charge in [-0.3, -0.25) is 0 Å². The van der Waals surface area contributed by atoms with Gasteiger partial charge in [0.05, 0.1) is 5.88 Å². The first kappa shape index (κ1) is 12.6. The quantitative estimate of drug-likeness (QED) is 0.813. The van der Waals surface area contributed by atoms with Crippen molar-refractivity contribution < 1.29 is 9.84 Å². The lowest BCUT2D eigenvalue weighted by Crippen LogP contribution is -2.18. The molecule has 84 valence electrons. The number of ether oxygens (including phenoxy) is 1. The fourth-order valence-corrected chi connectivity index (χ4v) is 1.49. The molecule has 0 heterocycles. The number of hydrogen-bond donors (Lipinski definition) is 1. The van der Waals surface area contributed by atoms with Gasteiger partial charge in [-0.25, -0.2) is 0 Å². The van der Waals surface area contributed by atoms with E-state index in [9.17, 15) is 5.11 Å². The monoisotopic (exact) mass is 248 g/mol. The highest BCUT2D eigenvalue weighted by Gasteiger charge is 2.05. The van der Waals surface area contributed by atoms with Crippen LogP contribution >= 0.6 is 23.2 Å². The van der Waals surface area contributed by atoms with Crippen molar-refractivity contribution in [3.63, 3.8) is 0 Å². The van der Waals surface area contributed by atoms with Crippen LogP contribution in [0.15, 0.2) is 18.2 Å². The lowest BCUT2D eigenvalue weighted by Gasteiger charge is -2.11. The van der Waals surface area contributed by atoms with E-state index in [1.54, 1.807) is 12.1 Å². The zero-order valence-corrected chi connectivity index (χ0v) is 10.1. The van der Waals surface area contributed by atoms with Crippen LogP contribution in [-0.4, -0.2) is 23.7 Å². The van der Waals surface area contributed by atoms with Crippen molar-refractivity contribution in [2.75, 3.05) is 12.5 Å².